The number of aryl methyl sites for hydroxylation is 1. The highest BCUT2D eigenvalue weighted by atomic mass is 35.5. The van der Waals surface area contributed by atoms with Crippen molar-refractivity contribution in [3.63, 3.8) is 0 Å². The number of anilines is 2. The molecule has 0 aromatic heterocycles. The lowest BCUT2D eigenvalue weighted by molar-refractivity contribution is -0.117. The number of amides is 2. The predicted molar refractivity (Wildman–Crippen MR) is 92.1 cm³/mol. The first-order valence-corrected chi connectivity index (χ1v) is 8.01. The van der Waals surface area contributed by atoms with E-state index in [2.05, 4.69) is 5.32 Å². The fraction of sp³-hybridized carbons (Fsp3) is 0.222. The maximum atomic E-state index is 13.1. The summed E-state index contributed by atoms with van der Waals surface area (Å²) < 4.78 is 13.1. The summed E-state index contributed by atoms with van der Waals surface area (Å²) >= 11 is 5.92. The lowest BCUT2D eigenvalue weighted by Crippen LogP contribution is -2.24. The summed E-state index contributed by atoms with van der Waals surface area (Å²) in [6, 6.07) is 9.00. The van der Waals surface area contributed by atoms with Crippen molar-refractivity contribution < 1.29 is 14.0 Å². The molecule has 1 aliphatic heterocycles. The number of carbonyl (C=O) groups is 2. The third-order valence-electron chi connectivity index (χ3n) is 4.01. The van der Waals surface area contributed by atoms with E-state index in [0.717, 1.165) is 23.7 Å². The molecule has 1 fully saturated rings. The molecule has 0 atom stereocenters. The van der Waals surface area contributed by atoms with E-state index in [4.69, 9.17) is 11.6 Å². The van der Waals surface area contributed by atoms with Gasteiger partial charge in [-0.2, -0.15) is 0 Å². The molecular weight excluding hydrogens is 331 g/mol. The second-order valence-electron chi connectivity index (χ2n) is 5.73. The van der Waals surface area contributed by atoms with Crippen LogP contribution in [0.25, 0.3) is 0 Å². The molecule has 1 aliphatic rings. The Hall–Kier alpha value is -2.40. The van der Waals surface area contributed by atoms with E-state index in [0.29, 0.717) is 18.7 Å². The Bertz CT molecular complexity index is 823. The summed E-state index contributed by atoms with van der Waals surface area (Å²) in [5.74, 6) is -0.840. The van der Waals surface area contributed by atoms with Gasteiger partial charge in [-0.05, 0) is 49.2 Å². The molecule has 2 aromatic rings. The number of hydrogen-bond acceptors (Lipinski definition) is 2. The molecule has 0 spiro atoms. The molecule has 0 bridgehead atoms. The molecule has 0 radical (unpaired) electrons. The number of halogens is 2. The number of nitrogens with one attached hydrogen (secondary N) is 1. The lowest BCUT2D eigenvalue weighted by Gasteiger charge is -2.19. The van der Waals surface area contributed by atoms with Crippen molar-refractivity contribution in [3.8, 4) is 0 Å². The van der Waals surface area contributed by atoms with Crippen LogP contribution in [0.15, 0.2) is 36.4 Å². The zero-order valence-corrected chi connectivity index (χ0v) is 13.9. The second-order valence-corrected chi connectivity index (χ2v) is 6.14. The van der Waals surface area contributed by atoms with E-state index in [1.54, 1.807) is 17.0 Å². The number of rotatable bonds is 3. The van der Waals surface area contributed by atoms with E-state index in [1.165, 1.54) is 12.1 Å². The lowest BCUT2D eigenvalue weighted by atomic mass is 10.1. The SMILES string of the molecule is Cc1ccc(NC(=O)c2ccc(F)cc2Cl)cc1N1CCCC1=O. The Labute approximate surface area is 144 Å². The van der Waals surface area contributed by atoms with Crippen molar-refractivity contribution in [2.24, 2.45) is 0 Å². The van der Waals surface area contributed by atoms with Gasteiger partial charge >= 0.3 is 0 Å². The maximum Gasteiger partial charge on any atom is 0.257 e. The average Bonchev–Trinajstić information content (AvgIpc) is 2.95. The first kappa shape index (κ1) is 16.5. The average molecular weight is 347 g/mol. The Kier molecular flexibility index (Phi) is 4.53. The largest absolute Gasteiger partial charge is 0.322 e. The molecule has 1 N–H and O–H groups in total. The Morgan fingerprint density at radius 2 is 2.04 bits per heavy atom. The van der Waals surface area contributed by atoms with Gasteiger partial charge in [0.05, 0.1) is 10.6 Å². The number of benzene rings is 2. The zero-order chi connectivity index (χ0) is 17.3. The summed E-state index contributed by atoms with van der Waals surface area (Å²) in [4.78, 5) is 26.0. The predicted octanol–water partition coefficient (Wildman–Crippen LogP) is 4.17. The summed E-state index contributed by atoms with van der Waals surface area (Å²) in [6.45, 7) is 2.60. The van der Waals surface area contributed by atoms with E-state index in [9.17, 15) is 14.0 Å². The molecule has 124 valence electrons. The number of nitrogens with zero attached hydrogens (tertiary/aromatic N) is 1. The van der Waals surface area contributed by atoms with E-state index >= 15 is 0 Å². The Morgan fingerprint density at radius 3 is 2.71 bits per heavy atom. The first-order chi connectivity index (χ1) is 11.5. The molecule has 24 heavy (non-hydrogen) atoms. The first-order valence-electron chi connectivity index (χ1n) is 7.63. The normalized spacial score (nSPS) is 14.1. The van der Waals surface area contributed by atoms with Gasteiger partial charge < -0.3 is 10.2 Å². The van der Waals surface area contributed by atoms with Crippen LogP contribution >= 0.6 is 11.6 Å². The van der Waals surface area contributed by atoms with Gasteiger partial charge in [-0.25, -0.2) is 4.39 Å². The summed E-state index contributed by atoms with van der Waals surface area (Å²) in [5.41, 5.74) is 2.50. The van der Waals surface area contributed by atoms with Crippen molar-refractivity contribution in [1.29, 1.82) is 0 Å². The molecule has 6 heteroatoms. The van der Waals surface area contributed by atoms with E-state index in [-0.39, 0.29) is 16.5 Å². The Morgan fingerprint density at radius 1 is 1.25 bits per heavy atom. The quantitative estimate of drug-likeness (QED) is 0.907. The van der Waals surface area contributed by atoms with Gasteiger partial charge in [0.25, 0.3) is 5.91 Å². The van der Waals surface area contributed by atoms with Crippen LogP contribution in [0.5, 0.6) is 0 Å². The standard InChI is InChI=1S/C18H16ClFN2O2/c1-11-4-6-13(10-16(11)22-8-2-3-17(22)23)21-18(24)14-7-5-12(20)9-15(14)19/h4-7,9-10H,2-3,8H2,1H3,(H,21,24). The molecule has 2 amide bonds. The maximum absolute atomic E-state index is 13.1. The monoisotopic (exact) mass is 346 g/mol. The molecule has 0 aliphatic carbocycles. The molecule has 1 saturated heterocycles. The van der Waals surface area contributed by atoms with Crippen molar-refractivity contribution in [3.05, 3.63) is 58.4 Å². The molecule has 0 saturated carbocycles. The highest BCUT2D eigenvalue weighted by Gasteiger charge is 2.23. The van der Waals surface area contributed by atoms with Crippen LogP contribution in [0.3, 0.4) is 0 Å². The van der Waals surface area contributed by atoms with Crippen LogP contribution in [0.1, 0.15) is 28.8 Å². The minimum Gasteiger partial charge on any atom is -0.322 e. The number of hydrogen-bond donors (Lipinski definition) is 1. The molecule has 1 heterocycles. The van der Waals surface area contributed by atoms with Gasteiger partial charge in [-0.3, -0.25) is 9.59 Å². The van der Waals surface area contributed by atoms with Gasteiger partial charge in [0.2, 0.25) is 5.91 Å². The van der Waals surface area contributed by atoms with Crippen molar-refractivity contribution in [2.75, 3.05) is 16.8 Å². The fourth-order valence-corrected chi connectivity index (χ4v) is 3.01. The van der Waals surface area contributed by atoms with E-state index < -0.39 is 11.7 Å². The second kappa shape index (κ2) is 6.61. The van der Waals surface area contributed by atoms with Crippen molar-refractivity contribution >= 4 is 34.8 Å². The highest BCUT2D eigenvalue weighted by molar-refractivity contribution is 6.34. The van der Waals surface area contributed by atoms with Crippen LogP contribution in [-0.2, 0) is 4.79 Å². The summed E-state index contributed by atoms with van der Waals surface area (Å²) in [5, 5.41) is 2.79. The molecule has 4 nitrogen and oxygen atoms in total. The van der Waals surface area contributed by atoms with Gasteiger partial charge in [0, 0.05) is 24.3 Å². The fourth-order valence-electron chi connectivity index (χ4n) is 2.75. The van der Waals surface area contributed by atoms with Crippen LogP contribution in [0.4, 0.5) is 15.8 Å². The third-order valence-corrected chi connectivity index (χ3v) is 4.32. The topological polar surface area (TPSA) is 49.4 Å². The molecule has 3 rings (SSSR count). The minimum absolute atomic E-state index is 0.0505. The molecule has 2 aromatic carbocycles. The van der Waals surface area contributed by atoms with Gasteiger partial charge in [0.1, 0.15) is 5.82 Å². The van der Waals surface area contributed by atoms with Crippen LogP contribution in [0, 0.1) is 12.7 Å². The molecular formula is C18H16ClFN2O2. The summed E-state index contributed by atoms with van der Waals surface area (Å²) in [7, 11) is 0. The van der Waals surface area contributed by atoms with Crippen molar-refractivity contribution in [1.82, 2.24) is 0 Å². The van der Waals surface area contributed by atoms with Crippen LogP contribution in [-0.4, -0.2) is 18.4 Å². The third kappa shape index (κ3) is 3.26. The van der Waals surface area contributed by atoms with Gasteiger partial charge in [-0.15, -0.1) is 0 Å². The number of carbonyl (C=O) groups excluding carboxylic acids is 2. The van der Waals surface area contributed by atoms with E-state index in [1.807, 2.05) is 13.0 Å². The Balaban J connectivity index is 1.85. The van der Waals surface area contributed by atoms with Crippen molar-refractivity contribution in [2.45, 2.75) is 19.8 Å². The zero-order valence-electron chi connectivity index (χ0n) is 13.1. The van der Waals surface area contributed by atoms with Crippen LogP contribution < -0.4 is 10.2 Å². The van der Waals surface area contributed by atoms with Gasteiger partial charge in [-0.1, -0.05) is 17.7 Å². The van der Waals surface area contributed by atoms with Gasteiger partial charge in [0.15, 0.2) is 0 Å². The molecule has 0 unspecified atom stereocenters. The smallest absolute Gasteiger partial charge is 0.257 e. The van der Waals surface area contributed by atoms with Crippen LogP contribution in [0.2, 0.25) is 5.02 Å². The summed E-state index contributed by atoms with van der Waals surface area (Å²) in [6.07, 6.45) is 1.38. The highest BCUT2D eigenvalue weighted by Crippen LogP contribution is 2.28. The minimum atomic E-state index is -0.498.